The summed E-state index contributed by atoms with van der Waals surface area (Å²) in [5, 5.41) is 14.3. The Labute approximate surface area is 140 Å². The number of esters is 1. The van der Waals surface area contributed by atoms with Crippen molar-refractivity contribution >= 4 is 17.3 Å². The van der Waals surface area contributed by atoms with Gasteiger partial charge in [-0.2, -0.15) is 0 Å². The average molecular weight is 334 g/mol. The molecule has 0 N–H and O–H groups in total. The van der Waals surface area contributed by atoms with Crippen LogP contribution in [0, 0.1) is 21.4 Å². The van der Waals surface area contributed by atoms with Gasteiger partial charge in [-0.05, 0) is 35.4 Å². The summed E-state index contributed by atoms with van der Waals surface area (Å²) in [6.07, 6.45) is 0.378. The fourth-order valence-electron chi connectivity index (χ4n) is 2.15. The van der Waals surface area contributed by atoms with Crippen LogP contribution in [0.3, 0.4) is 0 Å². The lowest BCUT2D eigenvalue weighted by Gasteiger charge is -2.28. The Bertz CT molecular complexity index is 673. The topological polar surface area (TPSA) is 118 Å². The third kappa shape index (κ3) is 5.55. The number of benzene rings is 1. The van der Waals surface area contributed by atoms with Gasteiger partial charge < -0.3 is 4.74 Å². The fourth-order valence-corrected chi connectivity index (χ4v) is 2.15. The van der Waals surface area contributed by atoms with Gasteiger partial charge in [0.2, 0.25) is 0 Å². The van der Waals surface area contributed by atoms with E-state index in [0.717, 1.165) is 6.07 Å². The molecule has 8 heteroatoms. The Kier molecular flexibility index (Phi) is 6.31. The SMILES string of the molecule is CC(C)C(CC(C)(C)C)OC(=O)c1ccc(N=[N+]=[N-])c([N+](=O)[O-])c1. The predicted molar refractivity (Wildman–Crippen MR) is 90.0 cm³/mol. The van der Waals surface area contributed by atoms with Gasteiger partial charge in [0.25, 0.3) is 5.69 Å². The van der Waals surface area contributed by atoms with E-state index in [1.165, 1.54) is 12.1 Å². The monoisotopic (exact) mass is 334 g/mol. The van der Waals surface area contributed by atoms with Crippen molar-refractivity contribution in [1.82, 2.24) is 0 Å². The van der Waals surface area contributed by atoms with E-state index >= 15 is 0 Å². The first-order valence-corrected chi connectivity index (χ1v) is 7.59. The molecular formula is C16H22N4O4. The van der Waals surface area contributed by atoms with Gasteiger partial charge in [-0.15, -0.1) is 0 Å². The van der Waals surface area contributed by atoms with Crippen molar-refractivity contribution < 1.29 is 14.5 Å². The smallest absolute Gasteiger partial charge is 0.338 e. The molecule has 1 aromatic rings. The maximum atomic E-state index is 12.3. The first-order chi connectivity index (χ1) is 11.0. The van der Waals surface area contributed by atoms with Gasteiger partial charge >= 0.3 is 5.97 Å². The average Bonchev–Trinajstić information content (AvgIpc) is 2.45. The number of nitrogens with zero attached hydrogens (tertiary/aromatic N) is 4. The Morgan fingerprint density at radius 3 is 2.50 bits per heavy atom. The normalized spacial score (nSPS) is 12.4. The molecule has 0 radical (unpaired) electrons. The molecule has 0 fully saturated rings. The quantitative estimate of drug-likeness (QED) is 0.178. The van der Waals surface area contributed by atoms with Crippen LogP contribution in [-0.2, 0) is 4.74 Å². The van der Waals surface area contributed by atoms with E-state index in [0.29, 0.717) is 6.42 Å². The maximum Gasteiger partial charge on any atom is 0.338 e. The number of hydrogen-bond acceptors (Lipinski definition) is 5. The molecule has 0 aromatic heterocycles. The highest BCUT2D eigenvalue weighted by Crippen LogP contribution is 2.30. The summed E-state index contributed by atoms with van der Waals surface area (Å²) in [6.45, 7) is 10.1. The molecule has 1 unspecified atom stereocenters. The summed E-state index contributed by atoms with van der Waals surface area (Å²) in [6, 6.07) is 3.66. The summed E-state index contributed by atoms with van der Waals surface area (Å²) >= 11 is 0. The van der Waals surface area contributed by atoms with Crippen molar-refractivity contribution in [2.24, 2.45) is 16.4 Å². The Hall–Kier alpha value is -2.60. The van der Waals surface area contributed by atoms with E-state index in [9.17, 15) is 14.9 Å². The van der Waals surface area contributed by atoms with Gasteiger partial charge in [0, 0.05) is 11.0 Å². The Morgan fingerprint density at radius 2 is 2.04 bits per heavy atom. The molecule has 8 nitrogen and oxygen atoms in total. The lowest BCUT2D eigenvalue weighted by atomic mass is 9.85. The number of hydrogen-bond donors (Lipinski definition) is 0. The molecule has 1 aromatic carbocycles. The van der Waals surface area contributed by atoms with Gasteiger partial charge in [-0.25, -0.2) is 4.79 Å². The van der Waals surface area contributed by atoms with E-state index in [1.807, 2.05) is 13.8 Å². The summed E-state index contributed by atoms with van der Waals surface area (Å²) < 4.78 is 5.54. The minimum Gasteiger partial charge on any atom is -0.458 e. The number of ether oxygens (including phenoxy) is 1. The van der Waals surface area contributed by atoms with Gasteiger partial charge in [0.1, 0.15) is 11.8 Å². The van der Waals surface area contributed by atoms with Gasteiger partial charge in [0.15, 0.2) is 0 Å². The molecule has 0 aliphatic rings. The number of carbonyl (C=O) groups excluding carboxylic acids is 1. The molecule has 0 amide bonds. The third-order valence-electron chi connectivity index (χ3n) is 3.38. The van der Waals surface area contributed by atoms with Crippen molar-refractivity contribution in [3.63, 3.8) is 0 Å². The van der Waals surface area contributed by atoms with E-state index < -0.39 is 16.6 Å². The molecule has 0 saturated carbocycles. The van der Waals surface area contributed by atoms with Crippen molar-refractivity contribution in [2.45, 2.75) is 47.1 Å². The van der Waals surface area contributed by atoms with Gasteiger partial charge in [0.05, 0.1) is 10.5 Å². The molecule has 1 rings (SSSR count). The summed E-state index contributed by atoms with van der Waals surface area (Å²) in [4.78, 5) is 25.2. The minimum atomic E-state index is -0.699. The van der Waals surface area contributed by atoms with Crippen molar-refractivity contribution in [3.8, 4) is 0 Å². The second kappa shape index (κ2) is 7.79. The van der Waals surface area contributed by atoms with Crippen LogP contribution in [0.2, 0.25) is 0 Å². The molecule has 130 valence electrons. The fraction of sp³-hybridized carbons (Fsp3) is 0.562. The molecule has 0 aliphatic heterocycles. The van der Waals surface area contributed by atoms with Gasteiger partial charge in [-0.3, -0.25) is 10.1 Å². The number of rotatable bonds is 6. The summed E-state index contributed by atoms with van der Waals surface area (Å²) in [7, 11) is 0. The zero-order valence-corrected chi connectivity index (χ0v) is 14.5. The predicted octanol–water partition coefficient (Wildman–Crippen LogP) is 5.15. The van der Waals surface area contributed by atoms with E-state index in [4.69, 9.17) is 10.3 Å². The van der Waals surface area contributed by atoms with Crippen LogP contribution in [0.1, 0.15) is 51.4 Å². The Morgan fingerprint density at radius 1 is 1.42 bits per heavy atom. The van der Waals surface area contributed by atoms with Crippen LogP contribution < -0.4 is 0 Å². The molecule has 0 bridgehead atoms. The van der Waals surface area contributed by atoms with Crippen molar-refractivity contribution in [1.29, 1.82) is 0 Å². The number of azide groups is 1. The van der Waals surface area contributed by atoms with E-state index in [2.05, 4.69) is 30.8 Å². The lowest BCUT2D eigenvalue weighted by molar-refractivity contribution is -0.384. The summed E-state index contributed by atoms with van der Waals surface area (Å²) in [5.74, 6) is -0.515. The molecule has 24 heavy (non-hydrogen) atoms. The van der Waals surface area contributed by atoms with Crippen LogP contribution in [0.25, 0.3) is 10.4 Å². The van der Waals surface area contributed by atoms with Crippen LogP contribution in [-0.4, -0.2) is 17.0 Å². The van der Waals surface area contributed by atoms with Crippen LogP contribution >= 0.6 is 0 Å². The zero-order valence-electron chi connectivity index (χ0n) is 14.5. The standard InChI is InChI=1S/C16H22N4O4/c1-10(2)14(9-16(3,4)5)24-15(21)11-6-7-12(18-19-17)13(8-11)20(22)23/h6-8,10,14H,9H2,1-5H3. The summed E-state index contributed by atoms with van der Waals surface area (Å²) in [5.41, 5.74) is 7.89. The first kappa shape index (κ1) is 19.4. The van der Waals surface area contributed by atoms with E-state index in [1.54, 1.807) is 0 Å². The highest BCUT2D eigenvalue weighted by Gasteiger charge is 2.26. The number of nitro groups is 1. The molecule has 0 heterocycles. The van der Waals surface area contributed by atoms with E-state index in [-0.39, 0.29) is 28.7 Å². The minimum absolute atomic E-state index is 0.0212. The first-order valence-electron chi connectivity index (χ1n) is 7.59. The second-order valence-corrected chi connectivity index (χ2v) is 7.10. The van der Waals surface area contributed by atoms with Crippen LogP contribution in [0.15, 0.2) is 23.3 Å². The van der Waals surface area contributed by atoms with Crippen LogP contribution in [0.5, 0.6) is 0 Å². The lowest BCUT2D eigenvalue weighted by Crippen LogP contribution is -2.28. The van der Waals surface area contributed by atoms with Crippen molar-refractivity contribution in [2.75, 3.05) is 0 Å². The molecule has 1 atom stereocenters. The number of carbonyl (C=O) groups is 1. The van der Waals surface area contributed by atoms with Crippen LogP contribution in [0.4, 0.5) is 11.4 Å². The maximum absolute atomic E-state index is 12.3. The zero-order chi connectivity index (χ0) is 18.5. The second-order valence-electron chi connectivity index (χ2n) is 7.10. The highest BCUT2D eigenvalue weighted by atomic mass is 16.6. The largest absolute Gasteiger partial charge is 0.458 e. The van der Waals surface area contributed by atoms with Gasteiger partial charge in [-0.1, -0.05) is 39.7 Å². The molecular weight excluding hydrogens is 312 g/mol. The molecule has 0 spiro atoms. The highest BCUT2D eigenvalue weighted by molar-refractivity contribution is 5.91. The van der Waals surface area contributed by atoms with Crippen molar-refractivity contribution in [3.05, 3.63) is 44.3 Å². The Balaban J connectivity index is 3.08. The number of nitro benzene ring substituents is 1. The molecule has 0 saturated heterocycles. The molecule has 0 aliphatic carbocycles. The third-order valence-corrected chi connectivity index (χ3v) is 3.38.